The monoisotopic (exact) mass is 602 g/mol. The van der Waals surface area contributed by atoms with E-state index in [0.29, 0.717) is 0 Å². The van der Waals surface area contributed by atoms with Gasteiger partial charge in [-0.3, -0.25) is 0 Å². The average molecular weight is 603 g/mol. The first kappa shape index (κ1) is 27.5. The van der Waals surface area contributed by atoms with Gasteiger partial charge in [-0.25, -0.2) is 0 Å². The molecule has 2 heterocycles. The number of aryl methyl sites for hydroxylation is 2. The molecule has 0 fully saturated rings. The van der Waals surface area contributed by atoms with Crippen LogP contribution >= 0.6 is 0 Å². The van der Waals surface area contributed by atoms with Crippen LogP contribution in [0, 0.1) is 13.8 Å². The third kappa shape index (κ3) is 4.50. The summed E-state index contributed by atoms with van der Waals surface area (Å²) in [6.45, 7) is 4.26. The van der Waals surface area contributed by atoms with E-state index in [0.717, 1.165) is 61.6 Å². The molecule has 0 spiro atoms. The van der Waals surface area contributed by atoms with Gasteiger partial charge in [0.1, 0.15) is 23.0 Å². The van der Waals surface area contributed by atoms with Crippen LogP contribution in [0.4, 0.5) is 0 Å². The first-order valence-electron chi connectivity index (χ1n) is 16.2. The van der Waals surface area contributed by atoms with Crippen LogP contribution in [0.3, 0.4) is 0 Å². The molecule has 0 atom stereocenters. The van der Waals surface area contributed by atoms with Crippen molar-refractivity contribution in [1.29, 1.82) is 0 Å². The second kappa shape index (κ2) is 10.9. The molecule has 2 aliphatic heterocycles. The van der Waals surface area contributed by atoms with Gasteiger partial charge in [0.15, 0.2) is 0 Å². The lowest BCUT2D eigenvalue weighted by atomic mass is 9.34. The highest BCUT2D eigenvalue weighted by Crippen LogP contribution is 2.46. The molecular weight excluding hydrogens is 571 g/mol. The summed E-state index contributed by atoms with van der Waals surface area (Å²) < 4.78 is 14.0. The molecule has 3 heteroatoms. The van der Waals surface area contributed by atoms with Crippen LogP contribution < -0.4 is 25.9 Å². The highest BCUT2D eigenvalue weighted by molar-refractivity contribution is 6.98. The van der Waals surface area contributed by atoms with Crippen molar-refractivity contribution in [3.63, 3.8) is 0 Å². The van der Waals surface area contributed by atoms with Crippen molar-refractivity contribution in [3.8, 4) is 67.5 Å². The highest BCUT2D eigenvalue weighted by atomic mass is 16.5. The third-order valence-corrected chi connectivity index (χ3v) is 9.70. The van der Waals surface area contributed by atoms with E-state index in [2.05, 4.69) is 166 Å². The maximum atomic E-state index is 6.99. The van der Waals surface area contributed by atoms with E-state index in [9.17, 15) is 0 Å². The molecule has 0 aromatic heterocycles. The van der Waals surface area contributed by atoms with Gasteiger partial charge in [-0.2, -0.15) is 0 Å². The molecule has 2 aliphatic rings. The molecule has 0 N–H and O–H groups in total. The number of benzene rings is 7. The van der Waals surface area contributed by atoms with Crippen LogP contribution in [0.1, 0.15) is 11.1 Å². The van der Waals surface area contributed by atoms with E-state index in [-0.39, 0.29) is 6.71 Å². The predicted molar refractivity (Wildman–Crippen MR) is 195 cm³/mol. The Labute approximate surface area is 276 Å². The van der Waals surface area contributed by atoms with E-state index >= 15 is 0 Å². The Bertz CT molecular complexity index is 2160. The van der Waals surface area contributed by atoms with Gasteiger partial charge < -0.3 is 9.47 Å². The summed E-state index contributed by atoms with van der Waals surface area (Å²) >= 11 is 0. The molecule has 0 unspecified atom stereocenters. The summed E-state index contributed by atoms with van der Waals surface area (Å²) in [6, 6.07) is 53.9. The first-order valence-corrected chi connectivity index (χ1v) is 16.2. The molecule has 0 saturated heterocycles. The quantitative estimate of drug-likeness (QED) is 0.187. The Morgan fingerprint density at radius 2 is 0.809 bits per heavy atom. The lowest BCUT2D eigenvalue weighted by Crippen LogP contribution is -2.57. The smallest absolute Gasteiger partial charge is 0.260 e. The van der Waals surface area contributed by atoms with E-state index in [1.807, 2.05) is 0 Å². The molecule has 0 amide bonds. The van der Waals surface area contributed by atoms with Gasteiger partial charge in [0.25, 0.3) is 6.71 Å². The molecule has 222 valence electrons. The predicted octanol–water partition coefficient (Wildman–Crippen LogP) is 9.70. The molecule has 47 heavy (non-hydrogen) atoms. The fourth-order valence-electron chi connectivity index (χ4n) is 7.38. The minimum atomic E-state index is -0.0911. The van der Waals surface area contributed by atoms with Crippen molar-refractivity contribution in [2.24, 2.45) is 0 Å². The summed E-state index contributed by atoms with van der Waals surface area (Å²) in [5.74, 6) is 3.48. The number of fused-ring (bicyclic) bond motifs is 4. The number of rotatable bonds is 4. The summed E-state index contributed by atoms with van der Waals surface area (Å²) in [5.41, 5.74) is 15.0. The topological polar surface area (TPSA) is 18.5 Å². The molecule has 0 aliphatic carbocycles. The van der Waals surface area contributed by atoms with Crippen LogP contribution in [0.2, 0.25) is 0 Å². The van der Waals surface area contributed by atoms with Crippen molar-refractivity contribution in [2.75, 3.05) is 0 Å². The molecular formula is C44H31BO2. The standard InChI is InChI=1S/C44H31BO2/c1-28-13-9-11-19-34(28)32-21-23-40-38(25-32)45-39-26-33(35-20-12-10-14-29(35)2)22-24-41(39)47-44-37(31-17-7-4-8-18-31)27-36(43(46-40)42(44)45)30-15-5-3-6-16-30/h3-27H,1-2H3. The summed E-state index contributed by atoms with van der Waals surface area (Å²) in [5, 5.41) is 0. The van der Waals surface area contributed by atoms with Crippen LogP contribution in [0.5, 0.6) is 23.0 Å². The molecule has 7 aromatic rings. The van der Waals surface area contributed by atoms with Crippen LogP contribution in [-0.4, -0.2) is 6.71 Å². The van der Waals surface area contributed by atoms with Gasteiger partial charge in [-0.15, -0.1) is 0 Å². The Morgan fingerprint density at radius 1 is 0.383 bits per heavy atom. The zero-order chi connectivity index (χ0) is 31.5. The van der Waals surface area contributed by atoms with E-state index in [4.69, 9.17) is 9.47 Å². The zero-order valence-corrected chi connectivity index (χ0v) is 26.3. The second-order valence-electron chi connectivity index (χ2n) is 12.5. The molecule has 9 rings (SSSR count). The maximum Gasteiger partial charge on any atom is 0.260 e. The fraction of sp³-hybridized carbons (Fsp3) is 0.0455. The highest BCUT2D eigenvalue weighted by Gasteiger charge is 2.43. The van der Waals surface area contributed by atoms with Gasteiger partial charge in [-0.05, 0) is 87.5 Å². The van der Waals surface area contributed by atoms with Crippen LogP contribution in [0.15, 0.2) is 152 Å². The Kier molecular flexibility index (Phi) is 6.40. The second-order valence-corrected chi connectivity index (χ2v) is 12.5. The van der Waals surface area contributed by atoms with Crippen LogP contribution in [0.25, 0.3) is 44.5 Å². The largest absolute Gasteiger partial charge is 0.458 e. The molecule has 2 nitrogen and oxygen atoms in total. The minimum Gasteiger partial charge on any atom is -0.458 e. The van der Waals surface area contributed by atoms with Crippen molar-refractivity contribution >= 4 is 23.1 Å². The lowest BCUT2D eigenvalue weighted by molar-refractivity contribution is 0.467. The van der Waals surface area contributed by atoms with Gasteiger partial charge in [0, 0.05) is 16.6 Å². The molecule has 0 saturated carbocycles. The number of hydrogen-bond acceptors (Lipinski definition) is 2. The van der Waals surface area contributed by atoms with Crippen LogP contribution in [-0.2, 0) is 0 Å². The van der Waals surface area contributed by atoms with E-state index in [1.165, 1.54) is 33.4 Å². The van der Waals surface area contributed by atoms with Gasteiger partial charge >= 0.3 is 0 Å². The molecule has 0 radical (unpaired) electrons. The van der Waals surface area contributed by atoms with Gasteiger partial charge in [0.2, 0.25) is 0 Å². The molecule has 7 aromatic carbocycles. The zero-order valence-electron chi connectivity index (χ0n) is 26.3. The summed E-state index contributed by atoms with van der Waals surface area (Å²) in [6.07, 6.45) is 0. The fourth-order valence-corrected chi connectivity index (χ4v) is 7.38. The Morgan fingerprint density at radius 3 is 1.26 bits per heavy atom. The summed E-state index contributed by atoms with van der Waals surface area (Å²) in [7, 11) is 0. The van der Waals surface area contributed by atoms with Gasteiger partial charge in [-0.1, -0.05) is 133 Å². The average Bonchev–Trinajstić information content (AvgIpc) is 3.12. The van der Waals surface area contributed by atoms with Crippen molar-refractivity contribution in [2.45, 2.75) is 13.8 Å². The minimum absolute atomic E-state index is 0.0911. The van der Waals surface area contributed by atoms with E-state index in [1.54, 1.807) is 0 Å². The number of ether oxygens (including phenoxy) is 2. The summed E-state index contributed by atoms with van der Waals surface area (Å²) in [4.78, 5) is 0. The first-order chi connectivity index (χ1) is 23.1. The normalized spacial score (nSPS) is 12.3. The third-order valence-electron chi connectivity index (χ3n) is 9.70. The number of hydrogen-bond donors (Lipinski definition) is 0. The Hall–Kier alpha value is -5.80. The molecule has 0 bridgehead atoms. The van der Waals surface area contributed by atoms with Crippen molar-refractivity contribution in [1.82, 2.24) is 0 Å². The SMILES string of the molecule is Cc1ccccc1-c1ccc2c(c1)B1c3cc(-c4ccccc4C)ccc3Oc3c(-c4ccccc4)cc(-c4ccccc4)c(c31)O2. The van der Waals surface area contributed by atoms with Crippen molar-refractivity contribution < 1.29 is 9.47 Å². The Balaban J connectivity index is 1.36. The van der Waals surface area contributed by atoms with Gasteiger partial charge in [0.05, 0.1) is 0 Å². The maximum absolute atomic E-state index is 6.99. The lowest BCUT2D eigenvalue weighted by Gasteiger charge is -2.36. The van der Waals surface area contributed by atoms with E-state index < -0.39 is 0 Å². The van der Waals surface area contributed by atoms with Crippen molar-refractivity contribution in [3.05, 3.63) is 163 Å².